The Kier molecular flexibility index (Phi) is 3.64. The lowest BCUT2D eigenvalue weighted by Gasteiger charge is -2.09. The standard InChI is InChI=1S/C12H10BrClN2O/c1-7-6-15-8(2)12(16-7)17-11-5-9(13)3-4-10(11)14/h3-6H,1-2H3. The number of rotatable bonds is 2. The van der Waals surface area contributed by atoms with Crippen molar-refractivity contribution in [3.8, 4) is 11.6 Å². The average Bonchev–Trinajstić information content (AvgIpc) is 2.28. The minimum Gasteiger partial charge on any atom is -0.436 e. The molecule has 0 unspecified atom stereocenters. The third-order valence-corrected chi connectivity index (χ3v) is 2.94. The second kappa shape index (κ2) is 5.02. The van der Waals surface area contributed by atoms with Crippen molar-refractivity contribution in [2.24, 2.45) is 0 Å². The van der Waals surface area contributed by atoms with Gasteiger partial charge in [0.25, 0.3) is 0 Å². The van der Waals surface area contributed by atoms with Crippen LogP contribution in [0.3, 0.4) is 0 Å². The first-order valence-electron chi connectivity index (χ1n) is 4.99. The van der Waals surface area contributed by atoms with Gasteiger partial charge in [0.15, 0.2) is 0 Å². The molecule has 0 fully saturated rings. The van der Waals surface area contributed by atoms with E-state index in [0.717, 1.165) is 15.9 Å². The smallest absolute Gasteiger partial charge is 0.241 e. The maximum Gasteiger partial charge on any atom is 0.241 e. The lowest BCUT2D eigenvalue weighted by atomic mass is 10.3. The second-order valence-corrected chi connectivity index (χ2v) is 4.90. The fourth-order valence-electron chi connectivity index (χ4n) is 1.27. The van der Waals surface area contributed by atoms with Crippen LogP contribution in [-0.4, -0.2) is 9.97 Å². The molecule has 0 saturated heterocycles. The highest BCUT2D eigenvalue weighted by Gasteiger charge is 2.08. The summed E-state index contributed by atoms with van der Waals surface area (Å²) in [7, 11) is 0. The van der Waals surface area contributed by atoms with E-state index >= 15 is 0 Å². The summed E-state index contributed by atoms with van der Waals surface area (Å²) in [6.45, 7) is 3.70. The maximum absolute atomic E-state index is 6.04. The van der Waals surface area contributed by atoms with Crippen LogP contribution < -0.4 is 4.74 Å². The maximum atomic E-state index is 6.04. The van der Waals surface area contributed by atoms with Crippen LogP contribution in [0.1, 0.15) is 11.4 Å². The Morgan fingerprint density at radius 1 is 1.29 bits per heavy atom. The molecule has 3 nitrogen and oxygen atoms in total. The first-order chi connectivity index (χ1) is 8.06. The lowest BCUT2D eigenvalue weighted by Crippen LogP contribution is -1.96. The fraction of sp³-hybridized carbons (Fsp3) is 0.167. The summed E-state index contributed by atoms with van der Waals surface area (Å²) in [6.07, 6.45) is 1.70. The number of hydrogen-bond donors (Lipinski definition) is 0. The van der Waals surface area contributed by atoms with Gasteiger partial charge in [-0.25, -0.2) is 4.98 Å². The summed E-state index contributed by atoms with van der Waals surface area (Å²) in [5.74, 6) is 1.04. The Morgan fingerprint density at radius 3 is 2.82 bits per heavy atom. The van der Waals surface area contributed by atoms with Crippen molar-refractivity contribution in [2.45, 2.75) is 13.8 Å². The number of hydrogen-bond acceptors (Lipinski definition) is 3. The van der Waals surface area contributed by atoms with Gasteiger partial charge in [-0.05, 0) is 32.0 Å². The topological polar surface area (TPSA) is 35.0 Å². The van der Waals surface area contributed by atoms with E-state index < -0.39 is 0 Å². The molecule has 88 valence electrons. The van der Waals surface area contributed by atoms with Gasteiger partial charge in [0.05, 0.1) is 16.4 Å². The highest BCUT2D eigenvalue weighted by molar-refractivity contribution is 9.10. The van der Waals surface area contributed by atoms with Crippen molar-refractivity contribution in [2.75, 3.05) is 0 Å². The Labute approximate surface area is 113 Å². The molecule has 2 aromatic rings. The first kappa shape index (κ1) is 12.3. The molecule has 5 heteroatoms. The molecule has 0 aliphatic heterocycles. The normalized spacial score (nSPS) is 10.4. The molecular formula is C12H10BrClN2O. The van der Waals surface area contributed by atoms with Crippen molar-refractivity contribution in [1.82, 2.24) is 9.97 Å². The van der Waals surface area contributed by atoms with E-state index in [4.69, 9.17) is 16.3 Å². The summed E-state index contributed by atoms with van der Waals surface area (Å²) in [6, 6.07) is 5.41. The van der Waals surface area contributed by atoms with Crippen LogP contribution >= 0.6 is 27.5 Å². The number of halogens is 2. The Hall–Kier alpha value is -1.13. The van der Waals surface area contributed by atoms with Crippen molar-refractivity contribution in [1.29, 1.82) is 0 Å². The van der Waals surface area contributed by atoms with Crippen molar-refractivity contribution in [3.05, 3.63) is 45.3 Å². The van der Waals surface area contributed by atoms with Crippen LogP contribution in [0.15, 0.2) is 28.9 Å². The van der Waals surface area contributed by atoms with Crippen LogP contribution in [0.5, 0.6) is 11.6 Å². The van der Waals surface area contributed by atoms with Crippen LogP contribution in [0, 0.1) is 13.8 Å². The second-order valence-electron chi connectivity index (χ2n) is 3.58. The molecule has 0 aliphatic rings. The monoisotopic (exact) mass is 312 g/mol. The number of aromatic nitrogens is 2. The molecule has 0 spiro atoms. The van der Waals surface area contributed by atoms with E-state index in [2.05, 4.69) is 25.9 Å². The number of aryl methyl sites for hydroxylation is 2. The molecule has 1 aromatic carbocycles. The lowest BCUT2D eigenvalue weighted by molar-refractivity contribution is 0.453. The molecular weight excluding hydrogens is 304 g/mol. The molecule has 1 aromatic heterocycles. The van der Waals surface area contributed by atoms with E-state index in [0.29, 0.717) is 16.7 Å². The van der Waals surface area contributed by atoms with Crippen LogP contribution in [-0.2, 0) is 0 Å². The van der Waals surface area contributed by atoms with Gasteiger partial charge in [0.1, 0.15) is 5.75 Å². The summed E-state index contributed by atoms with van der Waals surface area (Å²) >= 11 is 9.41. The Balaban J connectivity index is 2.37. The highest BCUT2D eigenvalue weighted by atomic mass is 79.9. The summed E-state index contributed by atoms with van der Waals surface area (Å²) in [4.78, 5) is 8.46. The van der Waals surface area contributed by atoms with E-state index in [1.807, 2.05) is 19.9 Å². The molecule has 0 atom stereocenters. The van der Waals surface area contributed by atoms with Gasteiger partial charge in [-0.15, -0.1) is 0 Å². The molecule has 17 heavy (non-hydrogen) atoms. The third-order valence-electron chi connectivity index (χ3n) is 2.13. The molecule has 1 heterocycles. The number of ether oxygens (including phenoxy) is 1. The Bertz CT molecular complexity index is 511. The SMILES string of the molecule is Cc1cnc(C)c(Oc2cc(Br)ccc2Cl)n1. The number of nitrogens with zero attached hydrogens (tertiary/aromatic N) is 2. The van der Waals surface area contributed by atoms with Gasteiger partial charge < -0.3 is 4.74 Å². The van der Waals surface area contributed by atoms with Crippen LogP contribution in [0.4, 0.5) is 0 Å². The van der Waals surface area contributed by atoms with E-state index in [1.54, 1.807) is 18.3 Å². The van der Waals surface area contributed by atoms with Gasteiger partial charge in [0.2, 0.25) is 5.88 Å². The predicted octanol–water partition coefficient (Wildman–Crippen LogP) is 4.30. The van der Waals surface area contributed by atoms with Gasteiger partial charge >= 0.3 is 0 Å². The van der Waals surface area contributed by atoms with E-state index in [-0.39, 0.29) is 0 Å². The molecule has 0 radical (unpaired) electrons. The quantitative estimate of drug-likeness (QED) is 0.829. The number of benzene rings is 1. The average molecular weight is 314 g/mol. The minimum absolute atomic E-state index is 0.477. The molecule has 0 bridgehead atoms. The zero-order valence-corrected chi connectivity index (χ0v) is 11.7. The third kappa shape index (κ3) is 2.96. The molecule has 0 N–H and O–H groups in total. The van der Waals surface area contributed by atoms with Crippen molar-refractivity contribution >= 4 is 27.5 Å². The van der Waals surface area contributed by atoms with Gasteiger partial charge in [0, 0.05) is 10.7 Å². The zero-order valence-electron chi connectivity index (χ0n) is 9.37. The highest BCUT2D eigenvalue weighted by Crippen LogP contribution is 2.31. The fourth-order valence-corrected chi connectivity index (χ4v) is 1.77. The summed E-state index contributed by atoms with van der Waals surface area (Å²) < 4.78 is 6.56. The largest absolute Gasteiger partial charge is 0.436 e. The van der Waals surface area contributed by atoms with Crippen molar-refractivity contribution < 1.29 is 4.74 Å². The van der Waals surface area contributed by atoms with E-state index in [1.165, 1.54) is 0 Å². The summed E-state index contributed by atoms with van der Waals surface area (Å²) in [5, 5.41) is 0.538. The molecule has 0 aliphatic carbocycles. The van der Waals surface area contributed by atoms with Crippen LogP contribution in [0.25, 0.3) is 0 Å². The van der Waals surface area contributed by atoms with Gasteiger partial charge in [-0.3, -0.25) is 4.98 Å². The summed E-state index contributed by atoms with van der Waals surface area (Å²) in [5.41, 5.74) is 1.53. The van der Waals surface area contributed by atoms with Gasteiger partial charge in [-0.2, -0.15) is 0 Å². The molecule has 0 saturated carbocycles. The molecule has 2 rings (SSSR count). The van der Waals surface area contributed by atoms with Crippen LogP contribution in [0.2, 0.25) is 5.02 Å². The van der Waals surface area contributed by atoms with Crippen molar-refractivity contribution in [3.63, 3.8) is 0 Å². The Morgan fingerprint density at radius 2 is 2.06 bits per heavy atom. The predicted molar refractivity (Wildman–Crippen MR) is 70.7 cm³/mol. The minimum atomic E-state index is 0.477. The van der Waals surface area contributed by atoms with E-state index in [9.17, 15) is 0 Å². The first-order valence-corrected chi connectivity index (χ1v) is 6.16. The van der Waals surface area contributed by atoms with Gasteiger partial charge in [-0.1, -0.05) is 27.5 Å². The zero-order chi connectivity index (χ0) is 12.4. The molecule has 0 amide bonds.